The molecule has 2 rings (SSSR count). The van der Waals surface area contributed by atoms with Crippen LogP contribution in [0, 0.1) is 11.7 Å². The van der Waals surface area contributed by atoms with Gasteiger partial charge >= 0.3 is 0 Å². The molecule has 0 unspecified atom stereocenters. The Kier molecular flexibility index (Phi) is 4.29. The van der Waals surface area contributed by atoms with Gasteiger partial charge in [-0.1, -0.05) is 37.8 Å². The van der Waals surface area contributed by atoms with Crippen LogP contribution in [0.5, 0.6) is 0 Å². The SMILES string of the molecule is O=C(Cc1cccc(F)c1)C1CCCCCC1. The van der Waals surface area contributed by atoms with Crippen LogP contribution in [0.25, 0.3) is 0 Å². The zero-order valence-electron chi connectivity index (χ0n) is 10.1. The molecule has 1 aliphatic carbocycles. The van der Waals surface area contributed by atoms with E-state index in [9.17, 15) is 9.18 Å². The fraction of sp³-hybridized carbons (Fsp3) is 0.533. The topological polar surface area (TPSA) is 17.1 Å². The van der Waals surface area contributed by atoms with Gasteiger partial charge in [0.2, 0.25) is 0 Å². The van der Waals surface area contributed by atoms with Crippen molar-refractivity contribution in [3.8, 4) is 0 Å². The van der Waals surface area contributed by atoms with Crippen molar-refractivity contribution in [2.75, 3.05) is 0 Å². The van der Waals surface area contributed by atoms with Gasteiger partial charge in [0.15, 0.2) is 0 Å². The van der Waals surface area contributed by atoms with Crippen LogP contribution in [0.15, 0.2) is 24.3 Å². The molecule has 17 heavy (non-hydrogen) atoms. The molecule has 0 amide bonds. The van der Waals surface area contributed by atoms with Crippen LogP contribution < -0.4 is 0 Å². The predicted molar refractivity (Wildman–Crippen MR) is 66.3 cm³/mol. The molecule has 1 aromatic rings. The Bertz CT molecular complexity index is 378. The maximum atomic E-state index is 13.0. The molecule has 1 aromatic carbocycles. The standard InChI is InChI=1S/C15H19FO/c16-14-9-5-6-12(10-14)11-15(17)13-7-3-1-2-4-8-13/h5-6,9-10,13H,1-4,7-8,11H2. The molecule has 1 aliphatic rings. The van der Waals surface area contributed by atoms with Gasteiger partial charge in [0.05, 0.1) is 0 Å². The lowest BCUT2D eigenvalue weighted by atomic mass is 9.91. The van der Waals surface area contributed by atoms with E-state index in [1.54, 1.807) is 6.07 Å². The molecule has 0 atom stereocenters. The third kappa shape index (κ3) is 3.65. The Morgan fingerprint density at radius 3 is 2.53 bits per heavy atom. The zero-order valence-corrected chi connectivity index (χ0v) is 10.1. The van der Waals surface area contributed by atoms with Gasteiger partial charge in [0, 0.05) is 12.3 Å². The highest BCUT2D eigenvalue weighted by molar-refractivity contribution is 5.83. The average Bonchev–Trinajstić information content (AvgIpc) is 2.57. The molecule has 0 N–H and O–H groups in total. The fourth-order valence-corrected chi connectivity index (χ4v) is 2.59. The number of rotatable bonds is 3. The van der Waals surface area contributed by atoms with Crippen LogP contribution in [0.3, 0.4) is 0 Å². The number of carbonyl (C=O) groups excluding carboxylic acids is 1. The third-order valence-electron chi connectivity index (χ3n) is 3.58. The number of Topliss-reactive ketones (excluding diaryl/α,β-unsaturated/α-hetero) is 1. The average molecular weight is 234 g/mol. The normalized spacial score (nSPS) is 17.7. The van der Waals surface area contributed by atoms with Crippen molar-refractivity contribution in [3.63, 3.8) is 0 Å². The highest BCUT2D eigenvalue weighted by Crippen LogP contribution is 2.24. The summed E-state index contributed by atoms with van der Waals surface area (Å²) in [6.07, 6.45) is 7.28. The highest BCUT2D eigenvalue weighted by Gasteiger charge is 2.19. The van der Waals surface area contributed by atoms with E-state index in [2.05, 4.69) is 0 Å². The van der Waals surface area contributed by atoms with Crippen molar-refractivity contribution >= 4 is 5.78 Å². The first kappa shape index (κ1) is 12.3. The number of halogens is 1. The van der Waals surface area contributed by atoms with E-state index in [1.807, 2.05) is 6.07 Å². The molecule has 0 saturated heterocycles. The summed E-state index contributed by atoms with van der Waals surface area (Å²) in [7, 11) is 0. The Morgan fingerprint density at radius 1 is 1.18 bits per heavy atom. The maximum Gasteiger partial charge on any atom is 0.140 e. The van der Waals surface area contributed by atoms with Gasteiger partial charge in [-0.3, -0.25) is 4.79 Å². The maximum absolute atomic E-state index is 13.0. The second kappa shape index (κ2) is 5.95. The van der Waals surface area contributed by atoms with Gasteiger partial charge < -0.3 is 0 Å². The molecule has 0 aliphatic heterocycles. The molecule has 1 fully saturated rings. The van der Waals surface area contributed by atoms with Crippen LogP contribution in [-0.2, 0) is 11.2 Å². The highest BCUT2D eigenvalue weighted by atomic mass is 19.1. The summed E-state index contributed by atoms with van der Waals surface area (Å²) in [4.78, 5) is 12.1. The van der Waals surface area contributed by atoms with Crippen LogP contribution in [-0.4, -0.2) is 5.78 Å². The number of ketones is 1. The van der Waals surface area contributed by atoms with Gasteiger partial charge in [0.25, 0.3) is 0 Å². The summed E-state index contributed by atoms with van der Waals surface area (Å²) in [5.74, 6) is 0.245. The largest absolute Gasteiger partial charge is 0.299 e. The third-order valence-corrected chi connectivity index (χ3v) is 3.58. The minimum absolute atomic E-state index is 0.209. The van der Waals surface area contributed by atoms with E-state index >= 15 is 0 Å². The van der Waals surface area contributed by atoms with E-state index in [1.165, 1.54) is 37.8 Å². The second-order valence-corrected chi connectivity index (χ2v) is 4.96. The van der Waals surface area contributed by atoms with Crippen molar-refractivity contribution in [2.24, 2.45) is 5.92 Å². The molecule has 2 heteroatoms. The lowest BCUT2D eigenvalue weighted by molar-refractivity contribution is -0.122. The molecule has 1 nitrogen and oxygen atoms in total. The van der Waals surface area contributed by atoms with Crippen molar-refractivity contribution in [2.45, 2.75) is 44.9 Å². The lowest BCUT2D eigenvalue weighted by Crippen LogP contribution is -2.16. The smallest absolute Gasteiger partial charge is 0.140 e. The number of hydrogen-bond donors (Lipinski definition) is 0. The molecule has 0 spiro atoms. The fourth-order valence-electron chi connectivity index (χ4n) is 2.59. The van der Waals surface area contributed by atoms with Crippen molar-refractivity contribution < 1.29 is 9.18 Å². The molecule has 0 heterocycles. The summed E-state index contributed by atoms with van der Waals surface area (Å²) in [6, 6.07) is 6.39. The van der Waals surface area contributed by atoms with Gasteiger partial charge in [-0.25, -0.2) is 4.39 Å². The Morgan fingerprint density at radius 2 is 1.88 bits per heavy atom. The van der Waals surface area contributed by atoms with E-state index in [0.29, 0.717) is 6.42 Å². The molecular formula is C15H19FO. The van der Waals surface area contributed by atoms with Gasteiger partial charge in [-0.05, 0) is 30.5 Å². The monoisotopic (exact) mass is 234 g/mol. The van der Waals surface area contributed by atoms with E-state index in [4.69, 9.17) is 0 Å². The lowest BCUT2D eigenvalue weighted by Gasteiger charge is -2.12. The molecular weight excluding hydrogens is 215 g/mol. The summed E-state index contributed by atoms with van der Waals surface area (Å²) < 4.78 is 13.0. The van der Waals surface area contributed by atoms with Crippen LogP contribution in [0.4, 0.5) is 4.39 Å². The van der Waals surface area contributed by atoms with Gasteiger partial charge in [0.1, 0.15) is 11.6 Å². The quantitative estimate of drug-likeness (QED) is 0.725. The number of hydrogen-bond acceptors (Lipinski definition) is 1. The predicted octanol–water partition coefficient (Wildman–Crippen LogP) is 3.91. The second-order valence-electron chi connectivity index (χ2n) is 4.96. The summed E-state index contributed by atoms with van der Waals surface area (Å²) >= 11 is 0. The van der Waals surface area contributed by atoms with Gasteiger partial charge in [-0.15, -0.1) is 0 Å². The van der Waals surface area contributed by atoms with Crippen LogP contribution in [0.1, 0.15) is 44.1 Å². The Balaban J connectivity index is 1.95. The van der Waals surface area contributed by atoms with Gasteiger partial charge in [-0.2, -0.15) is 0 Å². The molecule has 0 bridgehead atoms. The van der Waals surface area contributed by atoms with Crippen molar-refractivity contribution in [3.05, 3.63) is 35.6 Å². The van der Waals surface area contributed by atoms with E-state index < -0.39 is 0 Å². The molecule has 92 valence electrons. The van der Waals surface area contributed by atoms with Crippen molar-refractivity contribution in [1.29, 1.82) is 0 Å². The minimum Gasteiger partial charge on any atom is -0.299 e. The molecule has 0 aromatic heterocycles. The Labute approximate surface area is 102 Å². The Hall–Kier alpha value is -1.18. The zero-order chi connectivity index (χ0) is 12.1. The summed E-state index contributed by atoms with van der Waals surface area (Å²) in [5, 5.41) is 0. The first-order valence-electron chi connectivity index (χ1n) is 6.53. The van der Waals surface area contributed by atoms with Crippen molar-refractivity contribution in [1.82, 2.24) is 0 Å². The minimum atomic E-state index is -0.254. The van der Waals surface area contributed by atoms with E-state index in [-0.39, 0.29) is 17.5 Å². The number of benzene rings is 1. The van der Waals surface area contributed by atoms with E-state index in [0.717, 1.165) is 18.4 Å². The van der Waals surface area contributed by atoms with Crippen LogP contribution >= 0.6 is 0 Å². The molecule has 0 radical (unpaired) electrons. The summed E-state index contributed by atoms with van der Waals surface area (Å²) in [5.41, 5.74) is 0.805. The van der Waals surface area contributed by atoms with Crippen LogP contribution in [0.2, 0.25) is 0 Å². The first-order chi connectivity index (χ1) is 8.25. The summed E-state index contributed by atoms with van der Waals surface area (Å²) in [6.45, 7) is 0. The first-order valence-corrected chi connectivity index (χ1v) is 6.53. The molecule has 1 saturated carbocycles. The number of carbonyl (C=O) groups is 1.